The third kappa shape index (κ3) is 5.62. The molecule has 1 heterocycles. The summed E-state index contributed by atoms with van der Waals surface area (Å²) in [5.41, 5.74) is 0. The third-order valence-corrected chi connectivity index (χ3v) is 6.36. The van der Waals surface area contributed by atoms with Crippen molar-refractivity contribution < 1.29 is 31.4 Å². The van der Waals surface area contributed by atoms with Crippen molar-refractivity contribution in [3.8, 4) is 5.75 Å². The topological polar surface area (TPSA) is 18.5 Å². The van der Waals surface area contributed by atoms with Gasteiger partial charge in [0, 0.05) is 18.7 Å². The molecular formula is C22H29F5O2. The highest BCUT2D eigenvalue weighted by atomic mass is 19.3. The van der Waals surface area contributed by atoms with Gasteiger partial charge in [0.05, 0.1) is 12.0 Å². The van der Waals surface area contributed by atoms with Gasteiger partial charge in [-0.05, 0) is 56.8 Å². The fraction of sp³-hybridized carbons (Fsp3) is 0.727. The monoisotopic (exact) mass is 420 g/mol. The highest BCUT2D eigenvalue weighted by Crippen LogP contribution is 2.43. The molecule has 2 fully saturated rings. The number of unbranched alkanes of at least 4 members (excludes halogenated alkanes) is 1. The van der Waals surface area contributed by atoms with Crippen molar-refractivity contribution in [1.82, 2.24) is 0 Å². The van der Waals surface area contributed by atoms with Crippen LogP contribution < -0.4 is 4.74 Å². The zero-order chi connectivity index (χ0) is 21.0. The van der Waals surface area contributed by atoms with Crippen LogP contribution in [-0.4, -0.2) is 18.8 Å². The summed E-state index contributed by atoms with van der Waals surface area (Å²) in [6, 6.07) is 0.894. The highest BCUT2D eigenvalue weighted by Gasteiger charge is 2.45. The lowest BCUT2D eigenvalue weighted by Crippen LogP contribution is -2.40. The van der Waals surface area contributed by atoms with E-state index in [1.165, 1.54) is 19.3 Å². The maximum absolute atomic E-state index is 14.5. The fourth-order valence-electron chi connectivity index (χ4n) is 4.58. The molecule has 2 unspecified atom stereocenters. The van der Waals surface area contributed by atoms with Crippen molar-refractivity contribution in [2.45, 2.75) is 76.9 Å². The van der Waals surface area contributed by atoms with Gasteiger partial charge in [-0.2, -0.15) is 8.78 Å². The maximum atomic E-state index is 14.5. The summed E-state index contributed by atoms with van der Waals surface area (Å²) in [4.78, 5) is 0. The second-order valence-corrected chi connectivity index (χ2v) is 8.43. The molecule has 7 heteroatoms. The van der Waals surface area contributed by atoms with E-state index in [2.05, 4.69) is 11.7 Å². The van der Waals surface area contributed by atoms with Gasteiger partial charge in [-0.25, -0.2) is 13.2 Å². The van der Waals surface area contributed by atoms with Gasteiger partial charge < -0.3 is 9.47 Å². The van der Waals surface area contributed by atoms with Crippen molar-refractivity contribution in [2.24, 2.45) is 17.8 Å². The average molecular weight is 420 g/mol. The number of alkyl halides is 2. The Balaban J connectivity index is 1.49. The predicted octanol–water partition coefficient (Wildman–Crippen LogP) is 6.87. The highest BCUT2D eigenvalue weighted by molar-refractivity contribution is 5.25. The lowest BCUT2D eigenvalue weighted by molar-refractivity contribution is -0.225. The van der Waals surface area contributed by atoms with E-state index in [1.807, 2.05) is 0 Å². The zero-order valence-electron chi connectivity index (χ0n) is 16.7. The van der Waals surface area contributed by atoms with E-state index in [9.17, 15) is 22.0 Å². The van der Waals surface area contributed by atoms with E-state index in [0.717, 1.165) is 19.4 Å². The van der Waals surface area contributed by atoms with Crippen molar-refractivity contribution in [1.29, 1.82) is 0 Å². The molecule has 1 aliphatic carbocycles. The maximum Gasteiger partial charge on any atom is 0.400 e. The molecule has 0 N–H and O–H groups in total. The average Bonchev–Trinajstić information content (AvgIpc) is 2.70. The normalized spacial score (nSPS) is 28.3. The summed E-state index contributed by atoms with van der Waals surface area (Å²) in [5.74, 6) is -5.69. The van der Waals surface area contributed by atoms with Gasteiger partial charge in [0.1, 0.15) is 5.75 Å². The molecule has 1 saturated carbocycles. The van der Waals surface area contributed by atoms with Gasteiger partial charge in [0.25, 0.3) is 0 Å². The zero-order valence-corrected chi connectivity index (χ0v) is 16.7. The van der Waals surface area contributed by atoms with E-state index >= 15 is 0 Å². The number of ether oxygens (including phenoxy) is 2. The predicted molar refractivity (Wildman–Crippen MR) is 99.3 cm³/mol. The van der Waals surface area contributed by atoms with Gasteiger partial charge >= 0.3 is 6.11 Å². The van der Waals surface area contributed by atoms with Crippen LogP contribution in [0.4, 0.5) is 22.0 Å². The number of hydrogen-bond acceptors (Lipinski definition) is 2. The fourth-order valence-corrected chi connectivity index (χ4v) is 4.58. The Morgan fingerprint density at radius 2 is 1.66 bits per heavy atom. The van der Waals surface area contributed by atoms with Crippen molar-refractivity contribution >= 4 is 0 Å². The third-order valence-electron chi connectivity index (χ3n) is 6.36. The molecule has 0 amide bonds. The van der Waals surface area contributed by atoms with E-state index in [4.69, 9.17) is 4.74 Å². The molecule has 0 radical (unpaired) electrons. The van der Waals surface area contributed by atoms with Gasteiger partial charge in [-0.15, -0.1) is 0 Å². The second kappa shape index (κ2) is 9.63. The smallest absolute Gasteiger partial charge is 0.400 e. The van der Waals surface area contributed by atoms with E-state index in [1.54, 1.807) is 0 Å². The first-order valence-electron chi connectivity index (χ1n) is 10.6. The van der Waals surface area contributed by atoms with Crippen LogP contribution in [0.1, 0.15) is 64.7 Å². The van der Waals surface area contributed by atoms with Crippen LogP contribution >= 0.6 is 0 Å². The van der Waals surface area contributed by atoms with Crippen molar-refractivity contribution in [2.75, 3.05) is 6.61 Å². The summed E-state index contributed by atoms with van der Waals surface area (Å²) in [6.45, 7) is 2.93. The van der Waals surface area contributed by atoms with Crippen LogP contribution in [0.25, 0.3) is 0 Å². The van der Waals surface area contributed by atoms with Crippen molar-refractivity contribution in [3.05, 3.63) is 29.6 Å². The Kier molecular flexibility index (Phi) is 7.41. The first-order valence-corrected chi connectivity index (χ1v) is 10.6. The molecule has 1 saturated heterocycles. The molecule has 1 aliphatic heterocycles. The van der Waals surface area contributed by atoms with Gasteiger partial charge in [0.15, 0.2) is 17.5 Å². The quantitative estimate of drug-likeness (QED) is 0.354. The largest absolute Gasteiger partial charge is 0.432 e. The van der Waals surface area contributed by atoms with Crippen LogP contribution in [0.3, 0.4) is 0 Å². The first kappa shape index (κ1) is 22.3. The van der Waals surface area contributed by atoms with Crippen LogP contribution in [0.2, 0.25) is 0 Å². The van der Waals surface area contributed by atoms with Crippen LogP contribution in [0.5, 0.6) is 5.75 Å². The Morgan fingerprint density at radius 3 is 2.21 bits per heavy atom. The summed E-state index contributed by atoms with van der Waals surface area (Å²) in [5, 5.41) is 0. The Bertz CT molecular complexity index is 642. The van der Waals surface area contributed by atoms with E-state index in [-0.39, 0.29) is 24.9 Å². The SMILES string of the molecule is CCCCC1CCC(C2CCC(C(F)(F)Oc3cc(F)c(F)c(F)c3)CC2)OC1. The van der Waals surface area contributed by atoms with Crippen LogP contribution in [-0.2, 0) is 4.74 Å². The van der Waals surface area contributed by atoms with E-state index < -0.39 is 35.2 Å². The lowest BCUT2D eigenvalue weighted by Gasteiger charge is -2.39. The molecule has 2 atom stereocenters. The molecule has 0 bridgehead atoms. The number of hydrogen-bond donors (Lipinski definition) is 0. The number of halogens is 5. The second-order valence-electron chi connectivity index (χ2n) is 8.43. The summed E-state index contributed by atoms with van der Waals surface area (Å²) >= 11 is 0. The molecule has 2 nitrogen and oxygen atoms in total. The minimum atomic E-state index is -3.57. The summed E-state index contributed by atoms with van der Waals surface area (Å²) in [6.07, 6.45) is 3.97. The minimum absolute atomic E-state index is 0.128. The first-order chi connectivity index (χ1) is 13.8. The van der Waals surface area contributed by atoms with Gasteiger partial charge in [0.2, 0.25) is 0 Å². The van der Waals surface area contributed by atoms with E-state index in [0.29, 0.717) is 30.9 Å². The molecular weight excluding hydrogens is 391 g/mol. The molecule has 164 valence electrons. The van der Waals surface area contributed by atoms with Crippen LogP contribution in [0.15, 0.2) is 12.1 Å². The molecule has 2 aliphatic rings. The molecule has 0 aromatic heterocycles. The Labute approximate surface area is 168 Å². The Morgan fingerprint density at radius 1 is 1.00 bits per heavy atom. The standard InChI is InChI=1S/C22H29F5O2/c1-2-3-4-14-5-10-20(28-13-14)15-6-8-16(9-7-15)22(26,27)29-17-11-18(23)21(25)19(24)12-17/h11-12,14-16,20H,2-10,13H2,1H3. The summed E-state index contributed by atoms with van der Waals surface area (Å²) < 4.78 is 79.1. The minimum Gasteiger partial charge on any atom is -0.432 e. The molecule has 1 aromatic rings. The molecule has 0 spiro atoms. The van der Waals surface area contributed by atoms with Gasteiger partial charge in [-0.3, -0.25) is 0 Å². The number of benzene rings is 1. The number of rotatable bonds is 7. The molecule has 3 rings (SSSR count). The lowest BCUT2D eigenvalue weighted by atomic mass is 9.76. The van der Waals surface area contributed by atoms with Gasteiger partial charge in [-0.1, -0.05) is 19.8 Å². The molecule has 29 heavy (non-hydrogen) atoms. The summed E-state index contributed by atoms with van der Waals surface area (Å²) in [7, 11) is 0. The van der Waals surface area contributed by atoms with Crippen molar-refractivity contribution in [3.63, 3.8) is 0 Å². The Hall–Kier alpha value is -1.37. The van der Waals surface area contributed by atoms with Crippen LogP contribution in [0, 0.1) is 35.2 Å². The molecule has 1 aromatic carbocycles.